The summed E-state index contributed by atoms with van der Waals surface area (Å²) in [5.74, 6) is 1.83. The Morgan fingerprint density at radius 1 is 1.39 bits per heavy atom. The van der Waals surface area contributed by atoms with Crippen LogP contribution in [0, 0.1) is 18.8 Å². The van der Waals surface area contributed by atoms with Gasteiger partial charge in [0.25, 0.3) is 0 Å². The highest BCUT2D eigenvalue weighted by molar-refractivity contribution is 7.10. The van der Waals surface area contributed by atoms with Crippen molar-refractivity contribution in [3.63, 3.8) is 0 Å². The van der Waals surface area contributed by atoms with Gasteiger partial charge in [-0.15, -0.1) is 11.3 Å². The number of hydrogen-bond donors (Lipinski definition) is 1. The molecule has 0 bridgehead atoms. The molecule has 0 amide bonds. The molecule has 1 aromatic rings. The van der Waals surface area contributed by atoms with Gasteiger partial charge in [0.1, 0.15) is 0 Å². The van der Waals surface area contributed by atoms with E-state index in [1.54, 1.807) is 4.88 Å². The summed E-state index contributed by atoms with van der Waals surface area (Å²) in [5, 5.41) is 6.06. The van der Waals surface area contributed by atoms with Crippen molar-refractivity contribution >= 4 is 11.3 Å². The molecule has 1 aliphatic carbocycles. The molecule has 0 radical (unpaired) electrons. The lowest BCUT2D eigenvalue weighted by molar-refractivity contribution is 0.357. The van der Waals surface area contributed by atoms with E-state index >= 15 is 0 Å². The van der Waals surface area contributed by atoms with Crippen LogP contribution in [0.2, 0.25) is 0 Å². The number of nitrogens with one attached hydrogen (secondary N) is 1. The first kappa shape index (κ1) is 14.1. The molecule has 0 aromatic carbocycles. The third-order valence-corrected chi connectivity index (χ3v) is 5.53. The second-order valence-electron chi connectivity index (χ2n) is 5.75. The molecule has 0 saturated heterocycles. The van der Waals surface area contributed by atoms with Crippen molar-refractivity contribution in [1.29, 1.82) is 0 Å². The van der Waals surface area contributed by atoms with Gasteiger partial charge in [0.15, 0.2) is 0 Å². The van der Waals surface area contributed by atoms with Crippen LogP contribution in [0.3, 0.4) is 0 Å². The molecule has 2 rings (SSSR count). The quantitative estimate of drug-likeness (QED) is 0.769. The lowest BCUT2D eigenvalue weighted by Crippen LogP contribution is -2.27. The topological polar surface area (TPSA) is 12.0 Å². The van der Waals surface area contributed by atoms with Crippen molar-refractivity contribution in [1.82, 2.24) is 5.32 Å². The zero-order chi connectivity index (χ0) is 13.0. The second kappa shape index (κ2) is 6.72. The van der Waals surface area contributed by atoms with Gasteiger partial charge in [-0.05, 0) is 61.6 Å². The molecule has 3 atom stereocenters. The molecule has 18 heavy (non-hydrogen) atoms. The summed E-state index contributed by atoms with van der Waals surface area (Å²) in [6, 6.07) is 2.88. The molecule has 1 heterocycles. The molecule has 0 spiro atoms. The van der Waals surface area contributed by atoms with Gasteiger partial charge in [0, 0.05) is 10.9 Å². The third-order valence-electron chi connectivity index (χ3n) is 4.43. The molecule has 1 aromatic heterocycles. The van der Waals surface area contributed by atoms with Gasteiger partial charge in [0.05, 0.1) is 0 Å². The average molecular weight is 265 g/mol. The smallest absolute Gasteiger partial charge is 0.0446 e. The van der Waals surface area contributed by atoms with Crippen LogP contribution in [0.5, 0.6) is 0 Å². The molecule has 3 unspecified atom stereocenters. The minimum Gasteiger partial charge on any atom is -0.309 e. The zero-order valence-electron chi connectivity index (χ0n) is 12.0. The van der Waals surface area contributed by atoms with Gasteiger partial charge in [-0.2, -0.15) is 0 Å². The van der Waals surface area contributed by atoms with Gasteiger partial charge in [-0.1, -0.05) is 26.7 Å². The maximum absolute atomic E-state index is 3.81. The number of thiophene rings is 1. The van der Waals surface area contributed by atoms with E-state index < -0.39 is 0 Å². The Balaban J connectivity index is 2.08. The predicted molar refractivity (Wildman–Crippen MR) is 81.2 cm³/mol. The first-order chi connectivity index (χ1) is 8.76. The summed E-state index contributed by atoms with van der Waals surface area (Å²) in [6.45, 7) is 8.01. The molecule has 1 saturated carbocycles. The summed E-state index contributed by atoms with van der Waals surface area (Å²) < 4.78 is 0. The standard InChI is InChI=1S/C16H27NS/c1-4-9-17-15(16-12(3)8-10-18-16)14-7-6-13(5-2)11-14/h8,10,13-15,17H,4-7,9,11H2,1-3H3. The summed E-state index contributed by atoms with van der Waals surface area (Å²) in [6.07, 6.45) is 6.87. The van der Waals surface area contributed by atoms with Gasteiger partial charge in [-0.3, -0.25) is 0 Å². The fourth-order valence-corrected chi connectivity index (χ4v) is 4.36. The maximum atomic E-state index is 3.81. The van der Waals surface area contributed by atoms with E-state index in [4.69, 9.17) is 0 Å². The van der Waals surface area contributed by atoms with Crippen molar-refractivity contribution in [2.75, 3.05) is 6.54 Å². The fraction of sp³-hybridized carbons (Fsp3) is 0.750. The molecule has 102 valence electrons. The highest BCUT2D eigenvalue weighted by Crippen LogP contribution is 2.42. The lowest BCUT2D eigenvalue weighted by Gasteiger charge is -2.25. The summed E-state index contributed by atoms with van der Waals surface area (Å²) in [7, 11) is 0. The van der Waals surface area contributed by atoms with Crippen LogP contribution in [0.1, 0.15) is 62.4 Å². The maximum Gasteiger partial charge on any atom is 0.0446 e. The highest BCUT2D eigenvalue weighted by Gasteiger charge is 2.31. The van der Waals surface area contributed by atoms with Crippen molar-refractivity contribution < 1.29 is 0 Å². The monoisotopic (exact) mass is 265 g/mol. The van der Waals surface area contributed by atoms with Crippen LogP contribution in [0.15, 0.2) is 11.4 Å². The minimum atomic E-state index is 0.612. The molecule has 1 fully saturated rings. The van der Waals surface area contributed by atoms with E-state index in [2.05, 4.69) is 37.5 Å². The van der Waals surface area contributed by atoms with E-state index in [-0.39, 0.29) is 0 Å². The molecule has 1 N–H and O–H groups in total. The lowest BCUT2D eigenvalue weighted by atomic mass is 9.93. The Morgan fingerprint density at radius 2 is 2.22 bits per heavy atom. The van der Waals surface area contributed by atoms with Crippen LogP contribution in [0.4, 0.5) is 0 Å². The first-order valence-electron chi connectivity index (χ1n) is 7.53. The largest absolute Gasteiger partial charge is 0.309 e. The number of aryl methyl sites for hydroxylation is 1. The summed E-state index contributed by atoms with van der Waals surface area (Å²) >= 11 is 1.94. The molecule has 1 aliphatic rings. The fourth-order valence-electron chi connectivity index (χ4n) is 3.26. The number of hydrogen-bond acceptors (Lipinski definition) is 2. The predicted octanol–water partition coefficient (Wildman–Crippen LogP) is 4.92. The Hall–Kier alpha value is -0.340. The SMILES string of the molecule is CCCNC(c1sccc1C)C1CCC(CC)C1. The molecular formula is C16H27NS. The first-order valence-corrected chi connectivity index (χ1v) is 8.41. The van der Waals surface area contributed by atoms with Crippen molar-refractivity contribution in [2.45, 2.75) is 58.9 Å². The average Bonchev–Trinajstić information content (AvgIpc) is 3.00. The van der Waals surface area contributed by atoms with Crippen LogP contribution in [-0.2, 0) is 0 Å². The van der Waals surface area contributed by atoms with E-state index in [0.717, 1.165) is 18.4 Å². The minimum absolute atomic E-state index is 0.612. The normalized spacial score (nSPS) is 25.5. The van der Waals surface area contributed by atoms with E-state index in [0.29, 0.717) is 6.04 Å². The summed E-state index contributed by atoms with van der Waals surface area (Å²) in [5.41, 5.74) is 1.48. The zero-order valence-corrected chi connectivity index (χ0v) is 12.9. The van der Waals surface area contributed by atoms with Gasteiger partial charge in [0.2, 0.25) is 0 Å². The summed E-state index contributed by atoms with van der Waals surface area (Å²) in [4.78, 5) is 1.59. The van der Waals surface area contributed by atoms with Crippen LogP contribution < -0.4 is 5.32 Å². The van der Waals surface area contributed by atoms with Gasteiger partial charge < -0.3 is 5.32 Å². The Labute approximate surface area is 116 Å². The van der Waals surface area contributed by atoms with Gasteiger partial charge in [-0.25, -0.2) is 0 Å². The van der Waals surface area contributed by atoms with Crippen LogP contribution in [0.25, 0.3) is 0 Å². The van der Waals surface area contributed by atoms with Crippen molar-refractivity contribution in [2.24, 2.45) is 11.8 Å². The van der Waals surface area contributed by atoms with Crippen LogP contribution >= 0.6 is 11.3 Å². The van der Waals surface area contributed by atoms with Gasteiger partial charge >= 0.3 is 0 Å². The molecule has 2 heteroatoms. The van der Waals surface area contributed by atoms with Crippen molar-refractivity contribution in [3.8, 4) is 0 Å². The van der Waals surface area contributed by atoms with E-state index in [9.17, 15) is 0 Å². The van der Waals surface area contributed by atoms with Crippen molar-refractivity contribution in [3.05, 3.63) is 21.9 Å². The molecular weight excluding hydrogens is 238 g/mol. The molecule has 1 nitrogen and oxygen atoms in total. The van der Waals surface area contributed by atoms with Crippen LogP contribution in [-0.4, -0.2) is 6.54 Å². The Bertz CT molecular complexity index is 358. The Kier molecular flexibility index (Phi) is 5.25. The third kappa shape index (κ3) is 3.16. The molecule has 0 aliphatic heterocycles. The van der Waals surface area contributed by atoms with E-state index in [1.807, 2.05) is 11.3 Å². The van der Waals surface area contributed by atoms with E-state index in [1.165, 1.54) is 37.7 Å². The number of rotatable bonds is 6. The Morgan fingerprint density at radius 3 is 2.78 bits per heavy atom. The second-order valence-corrected chi connectivity index (χ2v) is 6.69. The highest BCUT2D eigenvalue weighted by atomic mass is 32.1.